The molecule has 7 heteroatoms. The van der Waals surface area contributed by atoms with Gasteiger partial charge in [0, 0.05) is 42.2 Å². The zero-order chi connectivity index (χ0) is 22.3. The highest BCUT2D eigenvalue weighted by atomic mass is 16.6. The molecule has 2 aromatic rings. The van der Waals surface area contributed by atoms with Crippen LogP contribution in [-0.2, 0) is 16.0 Å². The summed E-state index contributed by atoms with van der Waals surface area (Å²) in [5.74, 6) is 0.790. The highest BCUT2D eigenvalue weighted by molar-refractivity contribution is 5.88. The predicted molar refractivity (Wildman–Crippen MR) is 117 cm³/mol. The van der Waals surface area contributed by atoms with Gasteiger partial charge in [0.15, 0.2) is 0 Å². The first-order chi connectivity index (χ1) is 14.7. The molecule has 0 aliphatic carbocycles. The van der Waals surface area contributed by atoms with Crippen molar-refractivity contribution in [1.82, 2.24) is 9.80 Å². The second-order valence-electron chi connectivity index (χ2n) is 9.70. The van der Waals surface area contributed by atoms with Crippen LogP contribution in [0.2, 0.25) is 0 Å². The second kappa shape index (κ2) is 8.09. The third-order valence-corrected chi connectivity index (χ3v) is 6.46. The van der Waals surface area contributed by atoms with Crippen LogP contribution in [0, 0.1) is 0 Å². The lowest BCUT2D eigenvalue weighted by atomic mass is 9.96. The van der Waals surface area contributed by atoms with E-state index in [0.717, 1.165) is 42.4 Å². The molecule has 2 bridgehead atoms. The van der Waals surface area contributed by atoms with Crippen molar-refractivity contribution >= 4 is 23.0 Å². The van der Waals surface area contributed by atoms with Gasteiger partial charge in [0.1, 0.15) is 16.9 Å². The maximum Gasteiger partial charge on any atom is 0.410 e. The fourth-order valence-corrected chi connectivity index (χ4v) is 4.90. The highest BCUT2D eigenvalue weighted by Crippen LogP contribution is 2.38. The summed E-state index contributed by atoms with van der Waals surface area (Å²) in [4.78, 5) is 29.5. The Balaban J connectivity index is 1.41. The van der Waals surface area contributed by atoms with E-state index in [4.69, 9.17) is 13.9 Å². The number of ether oxygens (including phenoxy) is 2. The number of piperidine rings is 1. The molecule has 0 spiro atoms. The summed E-state index contributed by atoms with van der Waals surface area (Å²) in [6.45, 7) is 5.67. The van der Waals surface area contributed by atoms with Crippen molar-refractivity contribution in [3.8, 4) is 5.75 Å². The van der Waals surface area contributed by atoms with Gasteiger partial charge in [-0.1, -0.05) is 0 Å². The van der Waals surface area contributed by atoms with Gasteiger partial charge >= 0.3 is 6.09 Å². The molecule has 7 nitrogen and oxygen atoms in total. The van der Waals surface area contributed by atoms with Crippen LogP contribution in [0.1, 0.15) is 52.0 Å². The summed E-state index contributed by atoms with van der Waals surface area (Å²) in [5.41, 5.74) is 1.09. The number of methoxy groups -OCH3 is 1. The molecule has 168 valence electrons. The first kappa shape index (κ1) is 21.5. The summed E-state index contributed by atoms with van der Waals surface area (Å²) in [7, 11) is 3.49. The van der Waals surface area contributed by atoms with Crippen LogP contribution in [0.25, 0.3) is 11.0 Å². The standard InChI is InChI=1S/C24H32N2O5/c1-24(2,3)31-23(28)26-16-6-7-17(26)12-18(11-16)25(4)22(27)10-15-14-30-21-13-19(29-5)8-9-20(15)21/h8-9,13-14,16-18H,6-7,10-12H2,1-5H3/t16-,17+,18?. The number of carbonyl (C=O) groups excluding carboxylic acids is 2. The third-order valence-electron chi connectivity index (χ3n) is 6.46. The Morgan fingerprint density at radius 3 is 2.48 bits per heavy atom. The summed E-state index contributed by atoms with van der Waals surface area (Å²) < 4.78 is 16.5. The SMILES string of the molecule is COc1ccc2c(CC(=O)N(C)C3C[C@H]4CC[C@@H](C3)N4C(=O)OC(C)(C)C)coc2c1. The van der Waals surface area contributed by atoms with E-state index in [-0.39, 0.29) is 36.5 Å². The van der Waals surface area contributed by atoms with Crippen LogP contribution in [0.15, 0.2) is 28.9 Å². The Morgan fingerprint density at radius 1 is 1.19 bits per heavy atom. The van der Waals surface area contributed by atoms with E-state index in [1.165, 1.54) is 0 Å². The minimum absolute atomic E-state index is 0.0636. The smallest absolute Gasteiger partial charge is 0.410 e. The molecular weight excluding hydrogens is 396 g/mol. The maximum absolute atomic E-state index is 13.1. The zero-order valence-electron chi connectivity index (χ0n) is 19.0. The number of likely N-dealkylation sites (N-methyl/N-ethyl adjacent to an activating group) is 1. The van der Waals surface area contributed by atoms with Gasteiger partial charge in [-0.2, -0.15) is 0 Å². The van der Waals surface area contributed by atoms with E-state index in [0.29, 0.717) is 5.58 Å². The number of furan rings is 1. The molecule has 1 unspecified atom stereocenters. The van der Waals surface area contributed by atoms with Crippen molar-refractivity contribution in [1.29, 1.82) is 0 Å². The van der Waals surface area contributed by atoms with Gasteiger partial charge in [-0.15, -0.1) is 0 Å². The molecule has 0 saturated carbocycles. The second-order valence-corrected chi connectivity index (χ2v) is 9.70. The molecule has 1 aromatic heterocycles. The van der Waals surface area contributed by atoms with Crippen LogP contribution in [0.4, 0.5) is 4.79 Å². The van der Waals surface area contributed by atoms with Crippen LogP contribution >= 0.6 is 0 Å². The van der Waals surface area contributed by atoms with Crippen molar-refractivity contribution in [3.63, 3.8) is 0 Å². The Morgan fingerprint density at radius 2 is 1.87 bits per heavy atom. The van der Waals surface area contributed by atoms with Crippen molar-refractivity contribution < 1.29 is 23.5 Å². The Labute approximate surface area is 183 Å². The Hall–Kier alpha value is -2.70. The highest BCUT2D eigenvalue weighted by Gasteiger charge is 2.46. The van der Waals surface area contributed by atoms with E-state index >= 15 is 0 Å². The normalized spacial score (nSPS) is 23.1. The van der Waals surface area contributed by atoms with Crippen molar-refractivity contribution in [3.05, 3.63) is 30.0 Å². The third kappa shape index (κ3) is 4.36. The van der Waals surface area contributed by atoms with E-state index in [2.05, 4.69) is 0 Å². The lowest BCUT2D eigenvalue weighted by Gasteiger charge is -2.42. The number of rotatable bonds is 4. The lowest BCUT2D eigenvalue weighted by molar-refractivity contribution is -0.132. The van der Waals surface area contributed by atoms with Crippen LogP contribution in [0.3, 0.4) is 0 Å². The number of hydrogen-bond acceptors (Lipinski definition) is 5. The molecule has 2 fully saturated rings. The van der Waals surface area contributed by atoms with E-state index in [1.54, 1.807) is 13.4 Å². The average Bonchev–Trinajstić information content (AvgIpc) is 3.23. The summed E-state index contributed by atoms with van der Waals surface area (Å²) in [6, 6.07) is 6.03. The molecule has 2 aliphatic heterocycles. The molecule has 3 atom stereocenters. The lowest BCUT2D eigenvalue weighted by Crippen LogP contribution is -2.54. The van der Waals surface area contributed by atoms with Crippen molar-refractivity contribution in [2.75, 3.05) is 14.2 Å². The van der Waals surface area contributed by atoms with Crippen molar-refractivity contribution in [2.45, 2.75) is 76.6 Å². The van der Waals surface area contributed by atoms with E-state index in [9.17, 15) is 9.59 Å². The molecule has 0 radical (unpaired) electrons. The maximum atomic E-state index is 13.1. The molecule has 31 heavy (non-hydrogen) atoms. The molecule has 2 amide bonds. The zero-order valence-corrected chi connectivity index (χ0v) is 19.0. The minimum Gasteiger partial charge on any atom is -0.497 e. The topological polar surface area (TPSA) is 72.2 Å². The molecule has 4 rings (SSSR count). The monoisotopic (exact) mass is 428 g/mol. The fraction of sp³-hybridized carbons (Fsp3) is 0.583. The van der Waals surface area contributed by atoms with Gasteiger partial charge in [-0.05, 0) is 58.6 Å². The number of fused-ring (bicyclic) bond motifs is 3. The van der Waals surface area contributed by atoms with Gasteiger partial charge in [0.05, 0.1) is 19.8 Å². The first-order valence-electron chi connectivity index (χ1n) is 11.0. The predicted octanol–water partition coefficient (Wildman–Crippen LogP) is 4.37. The van der Waals surface area contributed by atoms with E-state index in [1.807, 2.05) is 55.8 Å². The molecule has 1 aromatic carbocycles. The molecule has 0 N–H and O–H groups in total. The number of nitrogens with zero attached hydrogens (tertiary/aromatic N) is 2. The number of carbonyl (C=O) groups is 2. The average molecular weight is 429 g/mol. The molecule has 3 heterocycles. The van der Waals surface area contributed by atoms with Crippen LogP contribution < -0.4 is 4.74 Å². The Kier molecular flexibility index (Phi) is 5.62. The van der Waals surface area contributed by atoms with Gasteiger partial charge in [-0.25, -0.2) is 4.79 Å². The molecule has 2 aliphatic rings. The first-order valence-corrected chi connectivity index (χ1v) is 11.0. The van der Waals surface area contributed by atoms with Gasteiger partial charge in [0.25, 0.3) is 0 Å². The number of amides is 2. The van der Waals surface area contributed by atoms with Gasteiger partial charge in [0.2, 0.25) is 5.91 Å². The summed E-state index contributed by atoms with van der Waals surface area (Å²) >= 11 is 0. The summed E-state index contributed by atoms with van der Waals surface area (Å²) in [5, 5.41) is 0.933. The van der Waals surface area contributed by atoms with Crippen LogP contribution in [-0.4, -0.2) is 59.7 Å². The Bertz CT molecular complexity index is 962. The van der Waals surface area contributed by atoms with Crippen LogP contribution in [0.5, 0.6) is 5.75 Å². The molecular formula is C24H32N2O5. The quantitative estimate of drug-likeness (QED) is 0.723. The van der Waals surface area contributed by atoms with Crippen molar-refractivity contribution in [2.24, 2.45) is 0 Å². The van der Waals surface area contributed by atoms with Gasteiger partial charge in [-0.3, -0.25) is 4.79 Å². The van der Waals surface area contributed by atoms with E-state index < -0.39 is 5.60 Å². The summed E-state index contributed by atoms with van der Waals surface area (Å²) in [6.07, 6.45) is 5.24. The fourth-order valence-electron chi connectivity index (χ4n) is 4.90. The largest absolute Gasteiger partial charge is 0.497 e. The number of benzene rings is 1. The minimum atomic E-state index is -0.502. The number of hydrogen-bond donors (Lipinski definition) is 0. The van der Waals surface area contributed by atoms with Gasteiger partial charge < -0.3 is 23.7 Å². The molecule has 2 saturated heterocycles.